The summed E-state index contributed by atoms with van der Waals surface area (Å²) in [4.78, 5) is 22.3. The molecule has 168 valence electrons. The molecule has 0 saturated heterocycles. The molecule has 0 aromatic carbocycles. The second kappa shape index (κ2) is 8.20. The number of hydrogen-bond acceptors (Lipinski definition) is 8. The van der Waals surface area contributed by atoms with E-state index in [-0.39, 0.29) is 0 Å². The molecule has 0 amide bonds. The molecule has 0 bridgehead atoms. The zero-order chi connectivity index (χ0) is 23.1. The van der Waals surface area contributed by atoms with Crippen molar-refractivity contribution in [2.75, 3.05) is 4.98 Å². The summed E-state index contributed by atoms with van der Waals surface area (Å²) in [5.74, 6) is 1.77. The van der Waals surface area contributed by atoms with E-state index in [9.17, 15) is 0 Å². The summed E-state index contributed by atoms with van der Waals surface area (Å²) < 4.78 is 18.7. The highest BCUT2D eigenvalue weighted by atomic mass is 28.4. The second-order valence-corrected chi connectivity index (χ2v) is 29.4. The summed E-state index contributed by atoms with van der Waals surface area (Å²) in [6.07, 6.45) is 0. The van der Waals surface area contributed by atoms with Crippen molar-refractivity contribution in [1.29, 1.82) is 0 Å². The molecule has 1 N–H and O–H groups in total. The minimum atomic E-state index is -1.95. The number of nitrogens with one attached hydrogen (secondary N) is 1. The Kier molecular flexibility index (Phi) is 6.77. The Hall–Kier alpha value is -1.51. The topological polar surface area (TPSA) is 91.3 Å². The van der Waals surface area contributed by atoms with Crippen LogP contribution < -0.4 is 18.3 Å². The van der Waals surface area contributed by atoms with E-state index >= 15 is 0 Å². The standard InChI is InChI=1S/C18H37N5O3Si4/c1-27(2,3)23-18-21-14-13(15(22-18)24-28(4,5)6)19-16(25-29(7,8)9)17(20-14)26-30(10,11)12/h1-12H3,(H,20,21,22,23). The number of aromatic nitrogens is 4. The molecule has 2 aromatic heterocycles. The Morgan fingerprint density at radius 3 is 1.40 bits per heavy atom. The smallest absolute Gasteiger partial charge is 0.265 e. The van der Waals surface area contributed by atoms with Crippen molar-refractivity contribution >= 4 is 50.3 Å². The summed E-state index contributed by atoms with van der Waals surface area (Å²) in [7, 11) is -7.50. The fourth-order valence-corrected chi connectivity index (χ4v) is 5.29. The third-order valence-corrected chi connectivity index (χ3v) is 6.52. The first-order valence-electron chi connectivity index (χ1n) is 10.3. The van der Waals surface area contributed by atoms with Crippen molar-refractivity contribution in [3.8, 4) is 17.6 Å². The molecule has 0 saturated carbocycles. The van der Waals surface area contributed by atoms with Gasteiger partial charge in [0.05, 0.1) is 0 Å². The number of rotatable bonds is 8. The predicted molar refractivity (Wildman–Crippen MR) is 134 cm³/mol. The lowest BCUT2D eigenvalue weighted by Gasteiger charge is -2.25. The van der Waals surface area contributed by atoms with Gasteiger partial charge in [0.25, 0.3) is 11.8 Å². The molecular formula is C18H37N5O3Si4. The molecule has 0 radical (unpaired) electrons. The van der Waals surface area contributed by atoms with Crippen molar-refractivity contribution in [3.63, 3.8) is 0 Å². The first kappa shape index (κ1) is 24.8. The highest BCUT2D eigenvalue weighted by Gasteiger charge is 2.29. The summed E-state index contributed by atoms with van der Waals surface area (Å²) in [6, 6.07) is 0. The molecular weight excluding hydrogens is 447 g/mol. The first-order chi connectivity index (χ1) is 13.3. The monoisotopic (exact) mass is 483 g/mol. The molecule has 12 heteroatoms. The van der Waals surface area contributed by atoms with Gasteiger partial charge in [-0.15, -0.1) is 0 Å². The van der Waals surface area contributed by atoms with Gasteiger partial charge in [-0.05, 0) is 58.9 Å². The van der Waals surface area contributed by atoms with E-state index < -0.39 is 33.2 Å². The van der Waals surface area contributed by atoms with Gasteiger partial charge in [-0.1, -0.05) is 19.6 Å². The Labute approximate surface area is 184 Å². The van der Waals surface area contributed by atoms with E-state index in [1.54, 1.807) is 0 Å². The van der Waals surface area contributed by atoms with Crippen molar-refractivity contribution < 1.29 is 13.3 Å². The van der Waals surface area contributed by atoms with E-state index in [4.69, 9.17) is 23.2 Å². The largest absolute Gasteiger partial charge is 0.530 e. The van der Waals surface area contributed by atoms with Crippen LogP contribution >= 0.6 is 0 Å². The van der Waals surface area contributed by atoms with E-state index in [0.29, 0.717) is 34.8 Å². The van der Waals surface area contributed by atoms with Crippen LogP contribution in [0.3, 0.4) is 0 Å². The van der Waals surface area contributed by atoms with E-state index in [1.165, 1.54) is 0 Å². The Morgan fingerprint density at radius 1 is 0.533 bits per heavy atom. The fraction of sp³-hybridized carbons (Fsp3) is 0.667. The zero-order valence-electron chi connectivity index (χ0n) is 20.5. The quantitative estimate of drug-likeness (QED) is 0.505. The van der Waals surface area contributed by atoms with Crippen LogP contribution in [-0.2, 0) is 0 Å². The Balaban J connectivity index is 2.75. The van der Waals surface area contributed by atoms with Gasteiger partial charge < -0.3 is 18.3 Å². The third-order valence-electron chi connectivity index (χ3n) is 3.13. The summed E-state index contributed by atoms with van der Waals surface area (Å²) in [5.41, 5.74) is 0.963. The van der Waals surface area contributed by atoms with E-state index in [1.807, 2.05) is 0 Å². The molecule has 8 nitrogen and oxygen atoms in total. The van der Waals surface area contributed by atoms with Crippen molar-refractivity contribution in [2.24, 2.45) is 0 Å². The second-order valence-electron chi connectivity index (χ2n) is 11.4. The van der Waals surface area contributed by atoms with Gasteiger partial charge in [-0.3, -0.25) is 0 Å². The predicted octanol–water partition coefficient (Wildman–Crippen LogP) is 5.31. The van der Waals surface area contributed by atoms with Crippen LogP contribution in [-0.4, -0.2) is 53.1 Å². The van der Waals surface area contributed by atoms with Crippen LogP contribution in [0.2, 0.25) is 78.6 Å². The normalized spacial score (nSPS) is 13.3. The lowest BCUT2D eigenvalue weighted by atomic mass is 10.5. The molecule has 0 aliphatic rings. The van der Waals surface area contributed by atoms with Crippen molar-refractivity contribution in [1.82, 2.24) is 19.9 Å². The molecule has 30 heavy (non-hydrogen) atoms. The number of hydrogen-bond donors (Lipinski definition) is 1. The molecule has 0 aliphatic carbocycles. The number of anilines is 1. The van der Waals surface area contributed by atoms with E-state index in [2.05, 4.69) is 93.5 Å². The number of fused-ring (bicyclic) bond motifs is 1. The van der Waals surface area contributed by atoms with Gasteiger partial charge in [0.15, 0.2) is 11.2 Å². The molecule has 0 spiro atoms. The SMILES string of the molecule is C[Si](C)(C)Nc1nc(O[Si](C)(C)C)c2nc(O[Si](C)(C)C)c(O[Si](C)(C)C)nc2n1. The lowest BCUT2D eigenvalue weighted by Crippen LogP contribution is -2.35. The van der Waals surface area contributed by atoms with Crippen LogP contribution in [0.4, 0.5) is 5.95 Å². The molecule has 0 aliphatic heterocycles. The molecule has 0 unspecified atom stereocenters. The van der Waals surface area contributed by atoms with Crippen LogP contribution in [0, 0.1) is 0 Å². The average molecular weight is 484 g/mol. The van der Waals surface area contributed by atoms with Crippen LogP contribution in [0.15, 0.2) is 0 Å². The number of nitrogens with zero attached hydrogens (tertiary/aromatic N) is 4. The van der Waals surface area contributed by atoms with Gasteiger partial charge in [0.2, 0.25) is 36.8 Å². The van der Waals surface area contributed by atoms with E-state index in [0.717, 1.165) is 0 Å². The Morgan fingerprint density at radius 2 is 0.967 bits per heavy atom. The lowest BCUT2D eigenvalue weighted by molar-refractivity contribution is 0.459. The highest BCUT2D eigenvalue weighted by Crippen LogP contribution is 2.33. The van der Waals surface area contributed by atoms with Gasteiger partial charge in [0.1, 0.15) is 8.24 Å². The summed E-state index contributed by atoms with van der Waals surface area (Å²) in [5, 5.41) is 0. The van der Waals surface area contributed by atoms with Crippen LogP contribution in [0.1, 0.15) is 0 Å². The molecule has 0 fully saturated rings. The maximum absolute atomic E-state index is 6.28. The van der Waals surface area contributed by atoms with Gasteiger partial charge >= 0.3 is 0 Å². The van der Waals surface area contributed by atoms with Crippen molar-refractivity contribution in [2.45, 2.75) is 78.6 Å². The maximum Gasteiger partial charge on any atom is 0.265 e. The zero-order valence-corrected chi connectivity index (χ0v) is 24.5. The Bertz CT molecular complexity index is 916. The van der Waals surface area contributed by atoms with Gasteiger partial charge in [0, 0.05) is 0 Å². The molecule has 2 heterocycles. The third kappa shape index (κ3) is 7.96. The average Bonchev–Trinajstić information content (AvgIpc) is 2.42. The molecule has 2 aromatic rings. The van der Waals surface area contributed by atoms with Gasteiger partial charge in [-0.2, -0.15) is 15.0 Å². The highest BCUT2D eigenvalue weighted by molar-refractivity contribution is 6.79. The van der Waals surface area contributed by atoms with Crippen LogP contribution in [0.25, 0.3) is 11.2 Å². The van der Waals surface area contributed by atoms with Crippen molar-refractivity contribution in [3.05, 3.63) is 0 Å². The maximum atomic E-state index is 6.28. The molecule has 2 rings (SSSR count). The summed E-state index contributed by atoms with van der Waals surface area (Å²) in [6.45, 7) is 25.5. The molecule has 0 atom stereocenters. The van der Waals surface area contributed by atoms with Crippen LogP contribution in [0.5, 0.6) is 17.6 Å². The minimum absolute atomic E-state index is 0.402. The van der Waals surface area contributed by atoms with Gasteiger partial charge in [-0.25, -0.2) is 4.98 Å². The summed E-state index contributed by atoms with van der Waals surface area (Å²) >= 11 is 0. The fourth-order valence-electron chi connectivity index (χ4n) is 2.36. The first-order valence-corrected chi connectivity index (χ1v) is 24.0. The minimum Gasteiger partial charge on any atom is -0.530 e.